The maximum atomic E-state index is 14.3. The van der Waals surface area contributed by atoms with Crippen LogP contribution < -0.4 is 4.90 Å². The normalized spacial score (nSPS) is 14.3. The van der Waals surface area contributed by atoms with Crippen molar-refractivity contribution in [3.8, 4) is 0 Å². The Hall–Kier alpha value is -2.70. The molecule has 1 fully saturated rings. The Morgan fingerprint density at radius 3 is 2.71 bits per heavy atom. The van der Waals surface area contributed by atoms with Crippen molar-refractivity contribution in [3.63, 3.8) is 0 Å². The average Bonchev–Trinajstić information content (AvgIpc) is 3.44. The van der Waals surface area contributed by atoms with E-state index in [-0.39, 0.29) is 29.5 Å². The van der Waals surface area contributed by atoms with Crippen molar-refractivity contribution < 1.29 is 18.8 Å². The molecular formula is C22H20ClFN4O4S2. The van der Waals surface area contributed by atoms with Crippen LogP contribution in [0.2, 0.25) is 0 Å². The van der Waals surface area contributed by atoms with Gasteiger partial charge in [-0.25, -0.2) is 9.37 Å². The molecule has 178 valence electrons. The number of morpholine rings is 1. The summed E-state index contributed by atoms with van der Waals surface area (Å²) >= 11 is 2.54. The molecule has 0 radical (unpaired) electrons. The number of nitro groups is 1. The molecule has 1 amide bonds. The predicted molar refractivity (Wildman–Crippen MR) is 134 cm³/mol. The smallest absolute Gasteiger partial charge is 0.270 e. The summed E-state index contributed by atoms with van der Waals surface area (Å²) in [5.41, 5.74) is 0.221. The van der Waals surface area contributed by atoms with Gasteiger partial charge in [0, 0.05) is 48.4 Å². The Kier molecular flexibility index (Phi) is 7.39. The van der Waals surface area contributed by atoms with Crippen LogP contribution in [0.5, 0.6) is 0 Å². The van der Waals surface area contributed by atoms with Crippen LogP contribution in [0.15, 0.2) is 42.5 Å². The van der Waals surface area contributed by atoms with Gasteiger partial charge in [-0.1, -0.05) is 17.4 Å². The van der Waals surface area contributed by atoms with Gasteiger partial charge in [0.05, 0.1) is 27.7 Å². The maximum absolute atomic E-state index is 14.3. The van der Waals surface area contributed by atoms with Crippen LogP contribution in [0.25, 0.3) is 20.3 Å². The van der Waals surface area contributed by atoms with E-state index in [2.05, 4.69) is 9.88 Å². The quantitative estimate of drug-likeness (QED) is 0.263. The van der Waals surface area contributed by atoms with Gasteiger partial charge in [0.1, 0.15) is 11.3 Å². The fourth-order valence-corrected chi connectivity index (χ4v) is 5.75. The molecule has 0 atom stereocenters. The zero-order chi connectivity index (χ0) is 22.9. The number of carbonyl (C=O) groups excluding carboxylic acids is 1. The number of nitro benzene ring substituents is 1. The lowest BCUT2D eigenvalue weighted by Crippen LogP contribution is -2.43. The van der Waals surface area contributed by atoms with Crippen LogP contribution in [0.4, 0.5) is 15.2 Å². The highest BCUT2D eigenvalue weighted by molar-refractivity contribution is 7.23. The van der Waals surface area contributed by atoms with E-state index < -0.39 is 10.7 Å². The van der Waals surface area contributed by atoms with Crippen LogP contribution in [0.1, 0.15) is 9.67 Å². The minimum atomic E-state index is -0.455. The Labute approximate surface area is 208 Å². The maximum Gasteiger partial charge on any atom is 0.270 e. The van der Waals surface area contributed by atoms with E-state index in [0.29, 0.717) is 46.4 Å². The molecule has 2 aromatic carbocycles. The summed E-state index contributed by atoms with van der Waals surface area (Å²) in [6, 6.07) is 11.0. The van der Waals surface area contributed by atoms with Crippen molar-refractivity contribution in [2.45, 2.75) is 0 Å². The van der Waals surface area contributed by atoms with Crippen molar-refractivity contribution in [2.75, 3.05) is 44.3 Å². The fraction of sp³-hybridized carbons (Fsp3) is 0.273. The summed E-state index contributed by atoms with van der Waals surface area (Å²) in [6.45, 7) is 3.87. The summed E-state index contributed by atoms with van der Waals surface area (Å²) in [6.07, 6.45) is 0. The predicted octanol–water partition coefficient (Wildman–Crippen LogP) is 4.96. The SMILES string of the molecule is Cl.O=C(c1cc2cc([N+](=O)[O-])ccc2s1)N(CCN1CCOCC1)c1nc2c(F)cccc2s1. The van der Waals surface area contributed by atoms with Crippen LogP contribution in [0, 0.1) is 15.9 Å². The molecule has 1 aliphatic rings. The number of para-hydroxylation sites is 1. The Morgan fingerprint density at radius 2 is 1.97 bits per heavy atom. The monoisotopic (exact) mass is 522 g/mol. The van der Waals surface area contributed by atoms with Gasteiger partial charge >= 0.3 is 0 Å². The molecule has 0 bridgehead atoms. The van der Waals surface area contributed by atoms with Crippen molar-refractivity contribution >= 4 is 72.1 Å². The fourth-order valence-electron chi connectivity index (χ4n) is 3.75. The number of thiophene rings is 1. The zero-order valence-corrected chi connectivity index (χ0v) is 20.3. The van der Waals surface area contributed by atoms with E-state index in [4.69, 9.17) is 4.74 Å². The van der Waals surface area contributed by atoms with E-state index in [0.717, 1.165) is 17.8 Å². The first kappa shape index (κ1) is 24.4. The Bertz CT molecular complexity index is 1360. The van der Waals surface area contributed by atoms with E-state index >= 15 is 0 Å². The lowest BCUT2D eigenvalue weighted by molar-refractivity contribution is -0.384. The highest BCUT2D eigenvalue weighted by Gasteiger charge is 2.25. The first-order valence-corrected chi connectivity index (χ1v) is 12.0. The van der Waals surface area contributed by atoms with Gasteiger partial charge in [0.15, 0.2) is 5.13 Å². The molecule has 0 aliphatic carbocycles. The number of benzene rings is 2. The molecule has 0 N–H and O–H groups in total. The van der Waals surface area contributed by atoms with Crippen LogP contribution in [-0.2, 0) is 4.74 Å². The highest BCUT2D eigenvalue weighted by atomic mass is 35.5. The number of thiazole rings is 1. The second-order valence-electron chi connectivity index (χ2n) is 7.58. The highest BCUT2D eigenvalue weighted by Crippen LogP contribution is 2.34. The zero-order valence-electron chi connectivity index (χ0n) is 17.8. The van der Waals surface area contributed by atoms with Crippen molar-refractivity contribution in [1.82, 2.24) is 9.88 Å². The molecule has 0 spiro atoms. The summed E-state index contributed by atoms with van der Waals surface area (Å²) in [7, 11) is 0. The number of hydrogen-bond donors (Lipinski definition) is 0. The third-order valence-electron chi connectivity index (χ3n) is 5.50. The summed E-state index contributed by atoms with van der Waals surface area (Å²) in [4.78, 5) is 32.9. The van der Waals surface area contributed by atoms with Crippen molar-refractivity contribution in [3.05, 3.63) is 63.3 Å². The van der Waals surface area contributed by atoms with Crippen LogP contribution >= 0.6 is 35.1 Å². The summed E-state index contributed by atoms with van der Waals surface area (Å²) in [5, 5.41) is 12.2. The molecule has 3 heterocycles. The molecule has 4 aromatic rings. The second kappa shape index (κ2) is 10.3. The molecule has 8 nitrogen and oxygen atoms in total. The number of non-ortho nitro benzene ring substituents is 1. The number of amides is 1. The third-order valence-corrected chi connectivity index (χ3v) is 7.65. The average molecular weight is 523 g/mol. The van der Waals surface area contributed by atoms with Crippen molar-refractivity contribution in [1.29, 1.82) is 0 Å². The van der Waals surface area contributed by atoms with Crippen molar-refractivity contribution in [2.24, 2.45) is 0 Å². The number of rotatable bonds is 6. The number of nitrogens with zero attached hydrogens (tertiary/aromatic N) is 4. The molecule has 1 aliphatic heterocycles. The molecule has 0 unspecified atom stereocenters. The topological polar surface area (TPSA) is 88.8 Å². The molecular weight excluding hydrogens is 503 g/mol. The summed E-state index contributed by atoms with van der Waals surface area (Å²) in [5.74, 6) is -0.684. The Morgan fingerprint density at radius 1 is 1.18 bits per heavy atom. The number of aromatic nitrogens is 1. The third kappa shape index (κ3) is 4.89. The van der Waals surface area contributed by atoms with E-state index in [1.165, 1.54) is 40.9 Å². The Balaban J connectivity index is 0.00000274. The minimum Gasteiger partial charge on any atom is -0.379 e. The lowest BCUT2D eigenvalue weighted by atomic mass is 10.2. The molecule has 5 rings (SSSR count). The van der Waals surface area contributed by atoms with Gasteiger partial charge in [-0.2, -0.15) is 0 Å². The van der Waals surface area contributed by atoms with Gasteiger partial charge in [-0.15, -0.1) is 23.7 Å². The molecule has 1 saturated heterocycles. The molecule has 34 heavy (non-hydrogen) atoms. The minimum absolute atomic E-state index is 0. The first-order valence-electron chi connectivity index (χ1n) is 10.3. The molecule has 2 aromatic heterocycles. The number of fused-ring (bicyclic) bond motifs is 2. The van der Waals surface area contributed by atoms with Gasteiger partial charge in [0.25, 0.3) is 11.6 Å². The number of hydrogen-bond acceptors (Lipinski definition) is 8. The van der Waals surface area contributed by atoms with Crippen LogP contribution in [0.3, 0.4) is 0 Å². The number of carbonyl (C=O) groups is 1. The number of anilines is 1. The van der Waals surface area contributed by atoms with E-state index in [1.54, 1.807) is 29.2 Å². The van der Waals surface area contributed by atoms with Crippen LogP contribution in [-0.4, -0.2) is 60.1 Å². The largest absolute Gasteiger partial charge is 0.379 e. The molecule has 12 heteroatoms. The van der Waals surface area contributed by atoms with Gasteiger partial charge in [-0.3, -0.25) is 24.7 Å². The lowest BCUT2D eigenvalue weighted by Gasteiger charge is -2.29. The van der Waals surface area contributed by atoms with Gasteiger partial charge in [0.2, 0.25) is 0 Å². The first-order chi connectivity index (χ1) is 16.0. The number of halogens is 2. The standard InChI is InChI=1S/C22H19FN4O4S2.ClH/c23-16-2-1-3-18-20(16)24-22(33-18)26(7-6-25-8-10-31-11-9-25)21(28)19-13-14-12-15(27(29)30)4-5-17(14)32-19;/h1-5,12-13H,6-11H2;1H. The van der Waals surface area contributed by atoms with E-state index in [9.17, 15) is 19.3 Å². The second-order valence-corrected chi connectivity index (χ2v) is 9.68. The van der Waals surface area contributed by atoms with Gasteiger partial charge < -0.3 is 4.74 Å². The van der Waals surface area contributed by atoms with Gasteiger partial charge in [-0.05, 0) is 24.3 Å². The number of ether oxygens (including phenoxy) is 1. The van der Waals surface area contributed by atoms with E-state index in [1.807, 2.05) is 0 Å². The summed E-state index contributed by atoms with van der Waals surface area (Å²) < 4.78 is 21.1. The molecule has 0 saturated carbocycles.